The molecule has 13 heavy (non-hydrogen) atoms. The normalized spacial score (nSPS) is 11.4. The molecule has 0 saturated carbocycles. The molecular weight excluding hydrogens is 186 g/mol. The smallest absolute Gasteiger partial charge is 0.308 e. The van der Waals surface area contributed by atoms with Crippen LogP contribution < -0.4 is 0 Å². The van der Waals surface area contributed by atoms with Crippen molar-refractivity contribution >= 4 is 6.21 Å². The first-order valence-electron chi connectivity index (χ1n) is 3.32. The van der Waals surface area contributed by atoms with Gasteiger partial charge in [-0.25, -0.2) is 4.39 Å². The third-order valence-electron chi connectivity index (χ3n) is 1.48. The van der Waals surface area contributed by atoms with Gasteiger partial charge in [0.2, 0.25) is 0 Å². The van der Waals surface area contributed by atoms with Gasteiger partial charge in [0.1, 0.15) is 5.82 Å². The summed E-state index contributed by atoms with van der Waals surface area (Å²) in [6, 6.07) is 1.94. The van der Waals surface area contributed by atoms with Crippen molar-refractivity contribution in [3.8, 4) is 0 Å². The van der Waals surface area contributed by atoms with Crippen LogP contribution in [0.15, 0.2) is 18.2 Å². The summed E-state index contributed by atoms with van der Waals surface area (Å²) in [5, 5.41) is 6.65. The fourth-order valence-corrected chi connectivity index (χ4v) is 0.831. The minimum Gasteiger partial charge on any atom is -0.308 e. The SMILES string of the molecule is N=Cc1cc(C(F)(F)F)ccc1F. The number of nitrogens with one attached hydrogen (secondary N) is 1. The maximum absolute atomic E-state index is 12.6. The van der Waals surface area contributed by atoms with E-state index in [1.807, 2.05) is 0 Å². The summed E-state index contributed by atoms with van der Waals surface area (Å²) in [6.07, 6.45) is -3.95. The number of hydrogen-bond donors (Lipinski definition) is 1. The van der Waals surface area contributed by atoms with Crippen LogP contribution in [0.25, 0.3) is 0 Å². The summed E-state index contributed by atoms with van der Waals surface area (Å²) in [6.45, 7) is 0. The van der Waals surface area contributed by atoms with Crippen LogP contribution in [0.5, 0.6) is 0 Å². The summed E-state index contributed by atoms with van der Waals surface area (Å²) in [5.74, 6) is -0.831. The van der Waals surface area contributed by atoms with Crippen molar-refractivity contribution < 1.29 is 17.6 Å². The van der Waals surface area contributed by atoms with Crippen LogP contribution in [-0.4, -0.2) is 6.21 Å². The van der Waals surface area contributed by atoms with Gasteiger partial charge in [-0.2, -0.15) is 13.2 Å². The molecule has 0 aromatic heterocycles. The van der Waals surface area contributed by atoms with Gasteiger partial charge in [0.25, 0.3) is 0 Å². The second kappa shape index (κ2) is 3.16. The predicted octanol–water partition coefficient (Wildman–Crippen LogP) is 2.84. The monoisotopic (exact) mass is 191 g/mol. The molecule has 1 aromatic rings. The van der Waals surface area contributed by atoms with Crippen molar-refractivity contribution in [3.05, 3.63) is 35.1 Å². The van der Waals surface area contributed by atoms with Crippen LogP contribution in [0, 0.1) is 11.2 Å². The van der Waals surface area contributed by atoms with E-state index in [1.54, 1.807) is 0 Å². The molecule has 1 rings (SSSR count). The van der Waals surface area contributed by atoms with Gasteiger partial charge >= 0.3 is 6.18 Å². The van der Waals surface area contributed by atoms with Crippen molar-refractivity contribution in [2.75, 3.05) is 0 Å². The lowest BCUT2D eigenvalue weighted by molar-refractivity contribution is -0.137. The lowest BCUT2D eigenvalue weighted by Gasteiger charge is -2.06. The van der Waals surface area contributed by atoms with Gasteiger partial charge in [-0.15, -0.1) is 0 Å². The zero-order chi connectivity index (χ0) is 10.1. The summed E-state index contributed by atoms with van der Waals surface area (Å²) in [4.78, 5) is 0. The Balaban J connectivity index is 3.21. The van der Waals surface area contributed by atoms with E-state index in [-0.39, 0.29) is 5.56 Å². The van der Waals surface area contributed by atoms with Crippen molar-refractivity contribution in [3.63, 3.8) is 0 Å². The summed E-state index contributed by atoms with van der Waals surface area (Å²) >= 11 is 0. The number of alkyl halides is 3. The highest BCUT2D eigenvalue weighted by atomic mass is 19.4. The maximum Gasteiger partial charge on any atom is 0.416 e. The molecule has 70 valence electrons. The van der Waals surface area contributed by atoms with Crippen LogP contribution in [-0.2, 0) is 6.18 Å². The fraction of sp³-hybridized carbons (Fsp3) is 0.125. The molecule has 0 spiro atoms. The van der Waals surface area contributed by atoms with Crippen LogP contribution in [0.2, 0.25) is 0 Å². The Morgan fingerprint density at radius 1 is 1.23 bits per heavy atom. The average Bonchev–Trinajstić information content (AvgIpc) is 2.03. The van der Waals surface area contributed by atoms with E-state index in [1.165, 1.54) is 0 Å². The lowest BCUT2D eigenvalue weighted by Crippen LogP contribution is -2.06. The minimum atomic E-state index is -4.49. The van der Waals surface area contributed by atoms with Gasteiger partial charge in [-0.1, -0.05) is 0 Å². The molecule has 0 atom stereocenters. The van der Waals surface area contributed by atoms with Crippen LogP contribution in [0.4, 0.5) is 17.6 Å². The molecule has 0 aliphatic rings. The van der Waals surface area contributed by atoms with Gasteiger partial charge in [0.15, 0.2) is 0 Å². The second-order valence-corrected chi connectivity index (χ2v) is 2.38. The quantitative estimate of drug-likeness (QED) is 0.521. The van der Waals surface area contributed by atoms with E-state index >= 15 is 0 Å². The molecule has 0 saturated heterocycles. The molecule has 0 heterocycles. The minimum absolute atomic E-state index is 0.366. The van der Waals surface area contributed by atoms with E-state index in [0.29, 0.717) is 24.4 Å². The molecule has 5 heteroatoms. The topological polar surface area (TPSA) is 23.9 Å². The van der Waals surface area contributed by atoms with Gasteiger partial charge in [-0.3, -0.25) is 0 Å². The molecule has 0 aliphatic carbocycles. The Hall–Kier alpha value is -1.39. The first-order valence-corrected chi connectivity index (χ1v) is 3.32. The van der Waals surface area contributed by atoms with Crippen LogP contribution >= 0.6 is 0 Å². The average molecular weight is 191 g/mol. The van der Waals surface area contributed by atoms with E-state index in [9.17, 15) is 17.6 Å². The van der Waals surface area contributed by atoms with E-state index in [2.05, 4.69) is 0 Å². The second-order valence-electron chi connectivity index (χ2n) is 2.38. The molecule has 0 bridgehead atoms. The van der Waals surface area contributed by atoms with E-state index < -0.39 is 17.6 Å². The fourth-order valence-electron chi connectivity index (χ4n) is 0.831. The van der Waals surface area contributed by atoms with E-state index in [0.717, 1.165) is 0 Å². The van der Waals surface area contributed by atoms with Gasteiger partial charge in [-0.05, 0) is 18.2 Å². The van der Waals surface area contributed by atoms with Crippen LogP contribution in [0.3, 0.4) is 0 Å². The molecule has 1 aromatic carbocycles. The van der Waals surface area contributed by atoms with Gasteiger partial charge in [0, 0.05) is 11.8 Å². The molecule has 0 aliphatic heterocycles. The Labute approximate surface area is 71.5 Å². The van der Waals surface area contributed by atoms with Crippen LogP contribution in [0.1, 0.15) is 11.1 Å². The Morgan fingerprint density at radius 3 is 2.31 bits per heavy atom. The first-order chi connectivity index (χ1) is 5.95. The Bertz CT molecular complexity index is 329. The molecule has 0 radical (unpaired) electrons. The van der Waals surface area contributed by atoms with Crippen molar-refractivity contribution in [2.24, 2.45) is 0 Å². The summed E-state index contributed by atoms with van der Waals surface area (Å²) < 4.78 is 48.8. The van der Waals surface area contributed by atoms with E-state index in [4.69, 9.17) is 5.41 Å². The molecule has 0 amide bonds. The van der Waals surface area contributed by atoms with Crippen molar-refractivity contribution in [1.29, 1.82) is 5.41 Å². The predicted molar refractivity (Wildman–Crippen MR) is 39.3 cm³/mol. The Morgan fingerprint density at radius 2 is 1.85 bits per heavy atom. The molecule has 0 fully saturated rings. The third kappa shape index (κ3) is 2.05. The number of halogens is 4. The third-order valence-corrected chi connectivity index (χ3v) is 1.48. The standard InChI is InChI=1S/C8H5F4N/c9-7-2-1-6(8(10,11)12)3-5(7)4-13/h1-4,13H. The van der Waals surface area contributed by atoms with Crippen molar-refractivity contribution in [2.45, 2.75) is 6.18 Å². The lowest BCUT2D eigenvalue weighted by atomic mass is 10.1. The van der Waals surface area contributed by atoms with Gasteiger partial charge in [0.05, 0.1) is 5.56 Å². The molecule has 1 nitrogen and oxygen atoms in total. The zero-order valence-corrected chi connectivity index (χ0v) is 6.32. The number of benzene rings is 1. The van der Waals surface area contributed by atoms with Crippen molar-refractivity contribution in [1.82, 2.24) is 0 Å². The molecular formula is C8H5F4N. The first kappa shape index (κ1) is 9.70. The summed E-state index contributed by atoms with van der Waals surface area (Å²) in [5.41, 5.74) is -1.32. The number of hydrogen-bond acceptors (Lipinski definition) is 1. The van der Waals surface area contributed by atoms with Gasteiger partial charge < -0.3 is 5.41 Å². The Kier molecular flexibility index (Phi) is 2.36. The molecule has 1 N–H and O–H groups in total. The molecule has 0 unspecified atom stereocenters. The highest BCUT2D eigenvalue weighted by molar-refractivity contribution is 5.77. The highest BCUT2D eigenvalue weighted by Crippen LogP contribution is 2.29. The largest absolute Gasteiger partial charge is 0.416 e. The zero-order valence-electron chi connectivity index (χ0n) is 6.32. The maximum atomic E-state index is 12.6. The summed E-state index contributed by atoms with van der Waals surface area (Å²) in [7, 11) is 0. The number of rotatable bonds is 1. The highest BCUT2D eigenvalue weighted by Gasteiger charge is 2.30.